The van der Waals surface area contributed by atoms with E-state index >= 15 is 0 Å². The average Bonchev–Trinajstić information content (AvgIpc) is 3.23. The Kier molecular flexibility index (Phi) is 4.27. The molecule has 9 nitrogen and oxygen atoms in total. The Morgan fingerprint density at radius 3 is 2.78 bits per heavy atom. The molecule has 0 aromatic carbocycles. The highest BCUT2D eigenvalue weighted by Gasteiger charge is 2.08. The van der Waals surface area contributed by atoms with Gasteiger partial charge in [0.1, 0.15) is 5.82 Å². The van der Waals surface area contributed by atoms with Gasteiger partial charge in [0.2, 0.25) is 5.76 Å². The van der Waals surface area contributed by atoms with Crippen molar-refractivity contribution in [1.82, 2.24) is 30.5 Å². The SMILES string of the molecule is Cc1ccn(-c2ccc(NCCNC(=O)c3ccno3)nn2)n1. The number of aromatic nitrogens is 5. The van der Waals surface area contributed by atoms with E-state index in [9.17, 15) is 4.79 Å². The van der Waals surface area contributed by atoms with Gasteiger partial charge in [0.15, 0.2) is 5.82 Å². The van der Waals surface area contributed by atoms with Crippen LogP contribution in [0.5, 0.6) is 0 Å². The Balaban J connectivity index is 1.46. The molecule has 9 heteroatoms. The van der Waals surface area contributed by atoms with Gasteiger partial charge in [-0.15, -0.1) is 10.2 Å². The van der Waals surface area contributed by atoms with Gasteiger partial charge in [-0.2, -0.15) is 5.10 Å². The molecule has 0 fully saturated rings. The van der Waals surface area contributed by atoms with Gasteiger partial charge in [-0.25, -0.2) is 4.68 Å². The molecule has 0 bridgehead atoms. The minimum atomic E-state index is -0.306. The zero-order valence-electron chi connectivity index (χ0n) is 12.4. The first kappa shape index (κ1) is 14.7. The largest absolute Gasteiger partial charge is 0.367 e. The number of rotatable bonds is 6. The Hall–Kier alpha value is -3.23. The van der Waals surface area contributed by atoms with Gasteiger partial charge in [-0.3, -0.25) is 4.79 Å². The van der Waals surface area contributed by atoms with E-state index in [0.29, 0.717) is 24.7 Å². The molecule has 3 aromatic rings. The van der Waals surface area contributed by atoms with Crippen LogP contribution < -0.4 is 10.6 Å². The molecule has 2 N–H and O–H groups in total. The molecule has 23 heavy (non-hydrogen) atoms. The Labute approximate surface area is 131 Å². The lowest BCUT2D eigenvalue weighted by Crippen LogP contribution is -2.28. The van der Waals surface area contributed by atoms with Gasteiger partial charge < -0.3 is 15.2 Å². The number of carbonyl (C=O) groups excluding carboxylic acids is 1. The standard InChI is InChI=1S/C14H15N7O2/c1-10-5-9-21(20-10)13-3-2-12(18-19-13)15-7-8-16-14(22)11-4-6-17-23-11/h2-6,9H,7-8H2,1H3,(H,15,18)(H,16,22). The lowest BCUT2D eigenvalue weighted by Gasteiger charge is -2.06. The van der Waals surface area contributed by atoms with Crippen LogP contribution in [0.1, 0.15) is 16.2 Å². The van der Waals surface area contributed by atoms with Gasteiger partial charge in [0.05, 0.1) is 11.9 Å². The number of anilines is 1. The van der Waals surface area contributed by atoms with E-state index in [1.54, 1.807) is 10.7 Å². The molecule has 0 unspecified atom stereocenters. The van der Waals surface area contributed by atoms with Crippen molar-refractivity contribution in [1.29, 1.82) is 0 Å². The first-order valence-corrected chi connectivity index (χ1v) is 7.01. The molecule has 3 aromatic heterocycles. The molecule has 0 saturated carbocycles. The number of amides is 1. The van der Waals surface area contributed by atoms with Crippen molar-refractivity contribution in [2.45, 2.75) is 6.92 Å². The highest BCUT2D eigenvalue weighted by atomic mass is 16.5. The average molecular weight is 313 g/mol. The summed E-state index contributed by atoms with van der Waals surface area (Å²) in [6.07, 6.45) is 3.25. The second-order valence-electron chi connectivity index (χ2n) is 4.74. The monoisotopic (exact) mass is 313 g/mol. The number of aryl methyl sites for hydroxylation is 1. The smallest absolute Gasteiger partial charge is 0.289 e. The predicted octanol–water partition coefficient (Wildman–Crippen LogP) is 0.801. The van der Waals surface area contributed by atoms with Crippen LogP contribution in [0.25, 0.3) is 5.82 Å². The maximum Gasteiger partial charge on any atom is 0.289 e. The number of carbonyl (C=O) groups is 1. The second-order valence-corrected chi connectivity index (χ2v) is 4.74. The zero-order valence-corrected chi connectivity index (χ0v) is 12.4. The van der Waals surface area contributed by atoms with E-state index < -0.39 is 0 Å². The third-order valence-corrected chi connectivity index (χ3v) is 2.99. The first-order chi connectivity index (χ1) is 11.2. The van der Waals surface area contributed by atoms with Crippen molar-refractivity contribution in [3.63, 3.8) is 0 Å². The van der Waals surface area contributed by atoms with Crippen molar-refractivity contribution in [2.24, 2.45) is 0 Å². The number of hydrogen-bond acceptors (Lipinski definition) is 7. The van der Waals surface area contributed by atoms with Crippen molar-refractivity contribution < 1.29 is 9.32 Å². The van der Waals surface area contributed by atoms with Crippen molar-refractivity contribution >= 4 is 11.7 Å². The third-order valence-electron chi connectivity index (χ3n) is 2.99. The van der Waals surface area contributed by atoms with Crippen LogP contribution >= 0.6 is 0 Å². The minimum absolute atomic E-state index is 0.184. The summed E-state index contributed by atoms with van der Waals surface area (Å²) in [6.45, 7) is 2.84. The molecule has 1 amide bonds. The van der Waals surface area contributed by atoms with Gasteiger partial charge in [-0.05, 0) is 25.1 Å². The van der Waals surface area contributed by atoms with Crippen LogP contribution in [0.3, 0.4) is 0 Å². The molecule has 0 aliphatic rings. The van der Waals surface area contributed by atoms with Gasteiger partial charge in [0, 0.05) is 25.4 Å². The van der Waals surface area contributed by atoms with Crippen LogP contribution in [0, 0.1) is 6.92 Å². The Morgan fingerprint density at radius 2 is 2.13 bits per heavy atom. The van der Waals surface area contributed by atoms with E-state index in [1.165, 1.54) is 12.3 Å². The van der Waals surface area contributed by atoms with Gasteiger partial charge in [-0.1, -0.05) is 5.16 Å². The third kappa shape index (κ3) is 3.70. The lowest BCUT2D eigenvalue weighted by molar-refractivity contribution is 0.0918. The summed E-state index contributed by atoms with van der Waals surface area (Å²) in [7, 11) is 0. The highest BCUT2D eigenvalue weighted by molar-refractivity contribution is 5.91. The quantitative estimate of drug-likeness (QED) is 0.647. The van der Waals surface area contributed by atoms with Gasteiger partial charge in [0.25, 0.3) is 5.91 Å². The van der Waals surface area contributed by atoms with Gasteiger partial charge >= 0.3 is 0 Å². The summed E-state index contributed by atoms with van der Waals surface area (Å²) >= 11 is 0. The summed E-state index contributed by atoms with van der Waals surface area (Å²) in [5.41, 5.74) is 0.913. The summed E-state index contributed by atoms with van der Waals surface area (Å²) in [4.78, 5) is 11.6. The summed E-state index contributed by atoms with van der Waals surface area (Å²) in [6, 6.07) is 7.02. The summed E-state index contributed by atoms with van der Waals surface area (Å²) in [5, 5.41) is 21.7. The number of nitrogens with one attached hydrogen (secondary N) is 2. The summed E-state index contributed by atoms with van der Waals surface area (Å²) in [5.74, 6) is 1.14. The molecular formula is C14H15N7O2. The van der Waals surface area contributed by atoms with Crippen LogP contribution in [0.15, 0.2) is 41.2 Å². The molecule has 118 valence electrons. The second kappa shape index (κ2) is 6.69. The topological polar surface area (TPSA) is 111 Å². The molecule has 3 rings (SSSR count). The molecule has 0 saturated heterocycles. The highest BCUT2D eigenvalue weighted by Crippen LogP contribution is 2.06. The molecular weight excluding hydrogens is 298 g/mol. The van der Waals surface area contributed by atoms with E-state index in [1.807, 2.05) is 25.3 Å². The molecule has 3 heterocycles. The molecule has 0 aliphatic heterocycles. The van der Waals surface area contributed by atoms with Crippen LogP contribution in [-0.2, 0) is 0 Å². The summed E-state index contributed by atoms with van der Waals surface area (Å²) < 4.78 is 6.41. The fraction of sp³-hybridized carbons (Fsp3) is 0.214. The molecule has 0 radical (unpaired) electrons. The zero-order chi connectivity index (χ0) is 16.1. The van der Waals surface area contributed by atoms with E-state index in [-0.39, 0.29) is 11.7 Å². The van der Waals surface area contributed by atoms with E-state index in [2.05, 4.69) is 31.1 Å². The van der Waals surface area contributed by atoms with E-state index in [0.717, 1.165) is 5.69 Å². The van der Waals surface area contributed by atoms with Crippen molar-refractivity contribution in [3.05, 3.63) is 48.1 Å². The maximum atomic E-state index is 11.6. The fourth-order valence-corrected chi connectivity index (χ4v) is 1.87. The van der Waals surface area contributed by atoms with E-state index in [4.69, 9.17) is 4.52 Å². The minimum Gasteiger partial charge on any atom is -0.367 e. The van der Waals surface area contributed by atoms with Crippen molar-refractivity contribution in [3.8, 4) is 5.82 Å². The van der Waals surface area contributed by atoms with Crippen molar-refractivity contribution in [2.75, 3.05) is 18.4 Å². The Morgan fingerprint density at radius 1 is 1.22 bits per heavy atom. The van der Waals surface area contributed by atoms with Crippen LogP contribution in [-0.4, -0.2) is 44.1 Å². The molecule has 0 atom stereocenters. The first-order valence-electron chi connectivity index (χ1n) is 7.01. The maximum absolute atomic E-state index is 11.6. The van der Waals surface area contributed by atoms with Crippen LogP contribution in [0.2, 0.25) is 0 Å². The number of nitrogens with zero attached hydrogens (tertiary/aromatic N) is 5. The Bertz CT molecular complexity index is 765. The lowest BCUT2D eigenvalue weighted by atomic mass is 10.4. The normalized spacial score (nSPS) is 10.5. The molecule has 0 aliphatic carbocycles. The number of hydrogen-bond donors (Lipinski definition) is 2. The molecule has 0 spiro atoms. The predicted molar refractivity (Wildman–Crippen MR) is 81.2 cm³/mol. The fourth-order valence-electron chi connectivity index (χ4n) is 1.87. The van der Waals surface area contributed by atoms with Crippen LogP contribution in [0.4, 0.5) is 5.82 Å².